The molecular weight excluding hydrogens is 247 g/mol. The summed E-state index contributed by atoms with van der Waals surface area (Å²) in [5, 5.41) is 8.55. The Morgan fingerprint density at radius 1 is 1.56 bits per heavy atom. The lowest BCUT2D eigenvalue weighted by atomic mass is 10.0. The summed E-state index contributed by atoms with van der Waals surface area (Å²) in [6.07, 6.45) is -3.62. The van der Waals surface area contributed by atoms with E-state index in [0.717, 1.165) is 0 Å². The first kappa shape index (κ1) is 12.8. The van der Waals surface area contributed by atoms with Crippen LogP contribution in [0.1, 0.15) is 23.2 Å². The van der Waals surface area contributed by atoms with Crippen molar-refractivity contribution in [2.75, 3.05) is 0 Å². The molecule has 0 aromatic carbocycles. The van der Waals surface area contributed by atoms with Crippen molar-refractivity contribution >= 4 is 17.6 Å². The minimum atomic E-state index is -2.96. The zero-order valence-electron chi connectivity index (χ0n) is 7.88. The molecule has 0 amide bonds. The third-order valence-electron chi connectivity index (χ3n) is 1.90. The highest BCUT2D eigenvalue weighted by Gasteiger charge is 2.20. The van der Waals surface area contributed by atoms with Gasteiger partial charge in [0.2, 0.25) is 5.95 Å². The Morgan fingerprint density at radius 2 is 2.19 bits per heavy atom. The number of hydrogen-bond acceptors (Lipinski definition) is 2. The molecule has 1 aromatic heterocycles. The number of hydrogen-bond donors (Lipinski definition) is 1. The zero-order chi connectivity index (χ0) is 12.3. The van der Waals surface area contributed by atoms with Crippen LogP contribution >= 0.6 is 11.6 Å². The van der Waals surface area contributed by atoms with E-state index < -0.39 is 30.3 Å². The SMILES string of the molecule is O=C(O)Cc1c(C(F)F)cc(F)nc1CCl. The number of carboxylic acids is 1. The monoisotopic (exact) mass is 253 g/mol. The van der Waals surface area contributed by atoms with Gasteiger partial charge >= 0.3 is 5.97 Å². The Bertz CT molecular complexity index is 412. The van der Waals surface area contributed by atoms with Crippen LogP contribution in [0.5, 0.6) is 0 Å². The van der Waals surface area contributed by atoms with Crippen molar-refractivity contribution in [3.05, 3.63) is 28.8 Å². The van der Waals surface area contributed by atoms with E-state index in [2.05, 4.69) is 4.98 Å². The van der Waals surface area contributed by atoms with E-state index in [1.165, 1.54) is 0 Å². The van der Waals surface area contributed by atoms with Crippen molar-refractivity contribution in [1.29, 1.82) is 0 Å². The molecule has 7 heteroatoms. The van der Waals surface area contributed by atoms with Crippen LogP contribution in [-0.4, -0.2) is 16.1 Å². The predicted molar refractivity (Wildman–Crippen MR) is 50.0 cm³/mol. The van der Waals surface area contributed by atoms with Gasteiger partial charge in [-0.25, -0.2) is 13.8 Å². The fraction of sp³-hybridized carbons (Fsp3) is 0.333. The van der Waals surface area contributed by atoms with Crippen molar-refractivity contribution in [2.45, 2.75) is 18.7 Å². The van der Waals surface area contributed by atoms with E-state index in [-0.39, 0.29) is 17.1 Å². The molecule has 1 heterocycles. The van der Waals surface area contributed by atoms with Gasteiger partial charge in [-0.3, -0.25) is 4.79 Å². The quantitative estimate of drug-likeness (QED) is 0.663. The first-order valence-electron chi connectivity index (χ1n) is 4.19. The molecule has 0 saturated heterocycles. The number of pyridine rings is 1. The zero-order valence-corrected chi connectivity index (χ0v) is 8.64. The minimum absolute atomic E-state index is 0.167. The summed E-state index contributed by atoms with van der Waals surface area (Å²) in [5.74, 6) is -2.72. The van der Waals surface area contributed by atoms with E-state index in [4.69, 9.17) is 16.7 Å². The van der Waals surface area contributed by atoms with Gasteiger partial charge in [0.25, 0.3) is 6.43 Å². The first-order valence-corrected chi connectivity index (χ1v) is 4.73. The Labute approximate surface area is 93.9 Å². The topological polar surface area (TPSA) is 50.2 Å². The number of nitrogens with zero attached hydrogens (tertiary/aromatic N) is 1. The Hall–Kier alpha value is -1.30. The van der Waals surface area contributed by atoms with Gasteiger partial charge < -0.3 is 5.11 Å². The molecule has 3 nitrogen and oxygen atoms in total. The molecule has 0 radical (unpaired) electrons. The second-order valence-electron chi connectivity index (χ2n) is 2.96. The number of alkyl halides is 3. The number of rotatable bonds is 4. The van der Waals surface area contributed by atoms with Crippen LogP contribution in [0.3, 0.4) is 0 Å². The molecule has 0 bridgehead atoms. The molecule has 88 valence electrons. The molecule has 0 saturated carbocycles. The van der Waals surface area contributed by atoms with E-state index in [0.29, 0.717) is 6.07 Å². The van der Waals surface area contributed by atoms with Crippen molar-refractivity contribution in [3.8, 4) is 0 Å². The largest absolute Gasteiger partial charge is 0.481 e. The van der Waals surface area contributed by atoms with Crippen LogP contribution < -0.4 is 0 Å². The van der Waals surface area contributed by atoms with E-state index >= 15 is 0 Å². The minimum Gasteiger partial charge on any atom is -0.481 e. The highest BCUT2D eigenvalue weighted by atomic mass is 35.5. The summed E-state index contributed by atoms with van der Waals surface area (Å²) in [6.45, 7) is 0. The Kier molecular flexibility index (Phi) is 4.12. The van der Waals surface area contributed by atoms with Crippen LogP contribution in [0.15, 0.2) is 6.07 Å². The van der Waals surface area contributed by atoms with Gasteiger partial charge in [-0.15, -0.1) is 11.6 Å². The van der Waals surface area contributed by atoms with Crippen molar-refractivity contribution < 1.29 is 23.1 Å². The van der Waals surface area contributed by atoms with E-state index in [1.54, 1.807) is 0 Å². The Morgan fingerprint density at radius 3 is 2.62 bits per heavy atom. The van der Waals surface area contributed by atoms with Crippen LogP contribution in [0, 0.1) is 5.95 Å². The fourth-order valence-electron chi connectivity index (χ4n) is 1.27. The van der Waals surface area contributed by atoms with Crippen LogP contribution in [-0.2, 0) is 17.1 Å². The van der Waals surface area contributed by atoms with Crippen molar-refractivity contribution in [3.63, 3.8) is 0 Å². The van der Waals surface area contributed by atoms with Crippen molar-refractivity contribution in [1.82, 2.24) is 4.98 Å². The third kappa shape index (κ3) is 2.85. The molecule has 0 spiro atoms. The average molecular weight is 254 g/mol. The number of halogens is 4. The second kappa shape index (κ2) is 5.16. The maximum absolute atomic E-state index is 12.8. The smallest absolute Gasteiger partial charge is 0.307 e. The lowest BCUT2D eigenvalue weighted by molar-refractivity contribution is -0.136. The van der Waals surface area contributed by atoms with Gasteiger partial charge in [-0.2, -0.15) is 4.39 Å². The first-order chi connectivity index (χ1) is 7.45. The maximum atomic E-state index is 12.8. The van der Waals surface area contributed by atoms with Gasteiger partial charge in [0.05, 0.1) is 18.0 Å². The van der Waals surface area contributed by atoms with Crippen LogP contribution in [0.4, 0.5) is 13.2 Å². The second-order valence-corrected chi connectivity index (χ2v) is 3.23. The van der Waals surface area contributed by atoms with Crippen LogP contribution in [0.2, 0.25) is 0 Å². The van der Waals surface area contributed by atoms with E-state index in [1.807, 2.05) is 0 Å². The molecule has 0 atom stereocenters. The summed E-state index contributed by atoms with van der Waals surface area (Å²) in [7, 11) is 0. The van der Waals surface area contributed by atoms with Gasteiger partial charge in [0.15, 0.2) is 0 Å². The number of carboxylic acid groups (broad SMARTS) is 1. The van der Waals surface area contributed by atoms with Gasteiger partial charge in [0, 0.05) is 11.6 Å². The summed E-state index contributed by atoms with van der Waals surface area (Å²) >= 11 is 5.40. The number of aromatic nitrogens is 1. The summed E-state index contributed by atoms with van der Waals surface area (Å²) in [6, 6.07) is 0.527. The van der Waals surface area contributed by atoms with E-state index in [9.17, 15) is 18.0 Å². The highest BCUT2D eigenvalue weighted by molar-refractivity contribution is 6.17. The fourth-order valence-corrected chi connectivity index (χ4v) is 1.49. The lowest BCUT2D eigenvalue weighted by Crippen LogP contribution is -2.10. The molecule has 16 heavy (non-hydrogen) atoms. The Balaban J connectivity index is 3.32. The highest BCUT2D eigenvalue weighted by Crippen LogP contribution is 2.26. The molecule has 1 N–H and O–H groups in total. The molecule has 0 aliphatic rings. The number of carbonyl (C=O) groups is 1. The molecule has 1 aromatic rings. The summed E-state index contributed by atoms with van der Waals surface area (Å²) in [5.41, 5.74) is -1.07. The lowest BCUT2D eigenvalue weighted by Gasteiger charge is -2.10. The van der Waals surface area contributed by atoms with Crippen LogP contribution in [0.25, 0.3) is 0 Å². The third-order valence-corrected chi connectivity index (χ3v) is 2.16. The molecular formula is C9H7ClF3NO2. The summed E-state index contributed by atoms with van der Waals surface area (Å²) in [4.78, 5) is 13.8. The predicted octanol–water partition coefficient (Wildman–Crippen LogP) is 2.52. The van der Waals surface area contributed by atoms with Gasteiger partial charge in [0.1, 0.15) is 0 Å². The molecule has 0 aliphatic heterocycles. The number of aliphatic carboxylic acids is 1. The normalized spacial score (nSPS) is 10.8. The maximum Gasteiger partial charge on any atom is 0.307 e. The molecule has 0 unspecified atom stereocenters. The van der Waals surface area contributed by atoms with Gasteiger partial charge in [-0.1, -0.05) is 0 Å². The molecule has 0 aliphatic carbocycles. The molecule has 0 fully saturated rings. The summed E-state index contributed by atoms with van der Waals surface area (Å²) < 4.78 is 37.9. The standard InChI is InChI=1S/C9H7ClF3NO2/c10-3-6-4(2-8(15)16)5(9(12)13)1-7(11)14-6/h1,9H,2-3H2,(H,15,16). The van der Waals surface area contributed by atoms with Crippen molar-refractivity contribution in [2.24, 2.45) is 0 Å². The van der Waals surface area contributed by atoms with Gasteiger partial charge in [-0.05, 0) is 5.56 Å². The molecule has 1 rings (SSSR count). The average Bonchev–Trinajstić information content (AvgIpc) is 2.19.